The molecule has 9 rings (SSSR count). The highest BCUT2D eigenvalue weighted by atomic mass is 15.1. The van der Waals surface area contributed by atoms with Gasteiger partial charge in [0.05, 0.1) is 16.7 Å². The first kappa shape index (κ1) is 40.0. The fourth-order valence-corrected chi connectivity index (χ4v) is 7.80. The Hall–Kier alpha value is -7.82. The van der Waals surface area contributed by atoms with Crippen LogP contribution in [0.2, 0.25) is 0 Å². The summed E-state index contributed by atoms with van der Waals surface area (Å²) < 4.78 is 2.41. The molecule has 0 unspecified atom stereocenters. The van der Waals surface area contributed by atoms with Gasteiger partial charge in [-0.3, -0.25) is 9.98 Å². The van der Waals surface area contributed by atoms with Gasteiger partial charge in [-0.2, -0.15) is 0 Å². The number of nitrogens with zero attached hydrogens (tertiary/aromatic N) is 4. The molecule has 0 saturated carbocycles. The second-order valence-corrected chi connectivity index (χ2v) is 14.5. The van der Waals surface area contributed by atoms with Crippen LogP contribution in [0.3, 0.4) is 0 Å². The van der Waals surface area contributed by atoms with E-state index in [1.807, 2.05) is 69.6 Å². The summed E-state index contributed by atoms with van der Waals surface area (Å²) >= 11 is 0. The number of para-hydroxylation sites is 2. The average molecular weight is 789 g/mol. The summed E-state index contributed by atoms with van der Waals surface area (Å²) in [6.45, 7) is 9.82. The summed E-state index contributed by atoms with van der Waals surface area (Å²) in [5.74, 6) is 0. The molecule has 61 heavy (non-hydrogen) atoms. The lowest BCUT2D eigenvalue weighted by molar-refractivity contribution is 1.18. The van der Waals surface area contributed by atoms with Crippen LogP contribution in [0.4, 0.5) is 17.1 Å². The summed E-state index contributed by atoms with van der Waals surface area (Å²) in [6, 6.07) is 65.2. The van der Waals surface area contributed by atoms with Gasteiger partial charge in [-0.1, -0.05) is 128 Å². The number of hydrogen-bond acceptors (Lipinski definition) is 3. The Morgan fingerprint density at radius 3 is 1.66 bits per heavy atom. The third-order valence-corrected chi connectivity index (χ3v) is 10.8. The number of rotatable bonds is 10. The summed E-state index contributed by atoms with van der Waals surface area (Å²) in [7, 11) is 0. The number of pyridine rings is 1. The third-order valence-electron chi connectivity index (χ3n) is 10.8. The quantitative estimate of drug-likeness (QED) is 0.102. The first-order valence-electron chi connectivity index (χ1n) is 20.7. The van der Waals surface area contributed by atoms with E-state index in [-0.39, 0.29) is 0 Å². The molecule has 0 radical (unpaired) electrons. The highest BCUT2D eigenvalue weighted by molar-refractivity contribution is 6.15. The summed E-state index contributed by atoms with van der Waals surface area (Å²) in [5, 5.41) is 2.45. The van der Waals surface area contributed by atoms with Crippen LogP contribution in [0.15, 0.2) is 236 Å². The predicted molar refractivity (Wildman–Crippen MR) is 262 cm³/mol. The van der Waals surface area contributed by atoms with Crippen LogP contribution in [0.5, 0.6) is 0 Å². The molecular weight excluding hydrogens is 741 g/mol. The van der Waals surface area contributed by atoms with E-state index >= 15 is 0 Å². The van der Waals surface area contributed by atoms with Gasteiger partial charge in [0.2, 0.25) is 0 Å². The summed E-state index contributed by atoms with van der Waals surface area (Å²) in [6.07, 6.45) is 13.3. The zero-order chi connectivity index (χ0) is 42.0. The van der Waals surface area contributed by atoms with Crippen molar-refractivity contribution in [3.63, 3.8) is 0 Å². The van der Waals surface area contributed by atoms with Crippen LogP contribution >= 0.6 is 0 Å². The molecule has 0 spiro atoms. The van der Waals surface area contributed by atoms with Gasteiger partial charge >= 0.3 is 0 Å². The van der Waals surface area contributed by atoms with Crippen molar-refractivity contribution in [2.45, 2.75) is 20.8 Å². The Labute approximate surface area is 359 Å². The molecule has 0 bridgehead atoms. The van der Waals surface area contributed by atoms with Gasteiger partial charge in [-0.25, -0.2) is 0 Å². The maximum atomic E-state index is 4.50. The van der Waals surface area contributed by atoms with Crippen LogP contribution in [0.25, 0.3) is 60.9 Å². The van der Waals surface area contributed by atoms with Gasteiger partial charge in [0.15, 0.2) is 0 Å². The minimum Gasteiger partial charge on any atom is -0.311 e. The summed E-state index contributed by atoms with van der Waals surface area (Å²) in [5.41, 5.74) is 15.6. The van der Waals surface area contributed by atoms with Crippen molar-refractivity contribution in [2.75, 3.05) is 4.90 Å². The fourth-order valence-electron chi connectivity index (χ4n) is 7.80. The first-order chi connectivity index (χ1) is 30.1. The number of anilines is 3. The number of benzene rings is 7. The minimum absolute atomic E-state index is 0.871. The highest BCUT2D eigenvalue weighted by Crippen LogP contribution is 2.42. The van der Waals surface area contributed by atoms with Crippen molar-refractivity contribution in [3.05, 3.63) is 237 Å². The molecule has 4 heteroatoms. The topological polar surface area (TPSA) is 33.4 Å². The smallest absolute Gasteiger partial charge is 0.0698 e. The van der Waals surface area contributed by atoms with E-state index in [1.54, 1.807) is 6.20 Å². The maximum Gasteiger partial charge on any atom is 0.0698 e. The number of aromatic nitrogens is 2. The zero-order valence-electron chi connectivity index (χ0n) is 34.9. The number of fused-ring (bicyclic) bond motifs is 3. The largest absolute Gasteiger partial charge is 0.311 e. The van der Waals surface area contributed by atoms with E-state index in [9.17, 15) is 0 Å². The summed E-state index contributed by atoms with van der Waals surface area (Å²) in [4.78, 5) is 11.0. The van der Waals surface area contributed by atoms with Crippen molar-refractivity contribution in [1.82, 2.24) is 9.55 Å². The Morgan fingerprint density at radius 2 is 1.07 bits per heavy atom. The van der Waals surface area contributed by atoms with Crippen LogP contribution in [-0.4, -0.2) is 15.3 Å². The normalized spacial score (nSPS) is 11.6. The minimum atomic E-state index is 0.871. The zero-order valence-corrected chi connectivity index (χ0v) is 34.9. The van der Waals surface area contributed by atoms with Crippen LogP contribution in [0, 0.1) is 0 Å². The lowest BCUT2D eigenvalue weighted by Crippen LogP contribution is -2.10. The van der Waals surface area contributed by atoms with E-state index in [4.69, 9.17) is 0 Å². The van der Waals surface area contributed by atoms with Crippen molar-refractivity contribution in [3.8, 4) is 39.1 Å². The SMILES string of the molecule is C/C=C\C.C=CN=C(/C=C\C)c1ccc(N(c2ccc(-c3ccncc3)cc2)c2ccc(-c3cc(-c4ccccc4)c4c(c3)c3ccccc3n4-c3ccccc3)cc2)cc1. The van der Waals surface area contributed by atoms with E-state index in [2.05, 4.69) is 196 Å². The lowest BCUT2D eigenvalue weighted by atomic mass is 9.95. The molecule has 0 aliphatic heterocycles. The van der Waals surface area contributed by atoms with Gasteiger partial charge in [-0.15, -0.1) is 0 Å². The predicted octanol–water partition coefficient (Wildman–Crippen LogP) is 15.7. The van der Waals surface area contributed by atoms with Gasteiger partial charge in [0.1, 0.15) is 0 Å². The van der Waals surface area contributed by atoms with Crippen LogP contribution < -0.4 is 4.90 Å². The number of allylic oxidation sites excluding steroid dienone is 4. The van der Waals surface area contributed by atoms with Crippen molar-refractivity contribution in [2.24, 2.45) is 4.99 Å². The molecule has 0 fully saturated rings. The van der Waals surface area contributed by atoms with Gasteiger partial charge in [-0.05, 0) is 134 Å². The van der Waals surface area contributed by atoms with Crippen molar-refractivity contribution in [1.29, 1.82) is 0 Å². The monoisotopic (exact) mass is 788 g/mol. The molecule has 9 aromatic rings. The standard InChI is InChI=1S/C53H40N4.C4H8/c1-3-13-51(55-4-2)42-24-30-47(31-25-42)56(45-26-20-38(21-27-45)40-32-34-54-35-33-40)46-28-22-39(23-29-46)43-36-49(41-14-7-5-8-15-41)53-50(37-43)48-18-11-12-19-52(48)57(53)44-16-9-6-10-17-44;1-3-4-2/h3-37H,2H2,1H3;3-4H,1-2H3/b13-3-,55-51?;4-3-. The first-order valence-corrected chi connectivity index (χ1v) is 20.7. The molecule has 0 atom stereocenters. The second kappa shape index (κ2) is 18.8. The molecule has 0 saturated heterocycles. The van der Waals surface area contributed by atoms with Gasteiger partial charge in [0.25, 0.3) is 0 Å². The lowest BCUT2D eigenvalue weighted by Gasteiger charge is -2.26. The van der Waals surface area contributed by atoms with E-state index in [0.717, 1.165) is 50.7 Å². The van der Waals surface area contributed by atoms with Crippen LogP contribution in [-0.2, 0) is 0 Å². The van der Waals surface area contributed by atoms with Crippen molar-refractivity contribution < 1.29 is 0 Å². The molecule has 2 heterocycles. The second-order valence-electron chi connectivity index (χ2n) is 14.5. The molecule has 4 nitrogen and oxygen atoms in total. The van der Waals surface area contributed by atoms with E-state index in [0.29, 0.717) is 0 Å². The number of hydrogen-bond donors (Lipinski definition) is 0. The van der Waals surface area contributed by atoms with Gasteiger partial charge in [0, 0.05) is 63.2 Å². The highest BCUT2D eigenvalue weighted by Gasteiger charge is 2.19. The van der Waals surface area contributed by atoms with Crippen LogP contribution in [0.1, 0.15) is 26.3 Å². The average Bonchev–Trinajstić information content (AvgIpc) is 3.67. The molecule has 7 aromatic carbocycles. The molecule has 2 aromatic heterocycles. The molecule has 0 aliphatic rings. The Kier molecular flexibility index (Phi) is 12.3. The fraction of sp³-hybridized carbons (Fsp3) is 0.0526. The van der Waals surface area contributed by atoms with Crippen molar-refractivity contribution >= 4 is 44.6 Å². The molecular formula is C57H48N4. The molecule has 0 aliphatic carbocycles. The van der Waals surface area contributed by atoms with E-state index < -0.39 is 0 Å². The molecule has 0 amide bonds. The van der Waals surface area contributed by atoms with E-state index in [1.165, 1.54) is 38.5 Å². The molecule has 296 valence electrons. The third kappa shape index (κ3) is 8.52. The molecule has 0 N–H and O–H groups in total. The number of aliphatic imine (C=N–C) groups is 1. The Morgan fingerprint density at radius 1 is 0.525 bits per heavy atom. The Balaban J connectivity index is 0.00000123. The van der Waals surface area contributed by atoms with Gasteiger partial charge < -0.3 is 9.47 Å². The Bertz CT molecular complexity index is 2950. The maximum absolute atomic E-state index is 4.50.